The SMILES string of the molecule is CC(=N/N=C1\NC(=O)C(CC(=O)Nc2ccccc2C(F)(F)F)S1)c1ccc([N+](=O)[O-])cc1. The van der Waals surface area contributed by atoms with Crippen LogP contribution in [0.15, 0.2) is 58.7 Å². The second kappa shape index (κ2) is 9.81. The average molecular weight is 479 g/mol. The van der Waals surface area contributed by atoms with Crippen LogP contribution in [-0.2, 0) is 15.8 Å². The highest BCUT2D eigenvalue weighted by molar-refractivity contribution is 8.15. The third-order valence-electron chi connectivity index (χ3n) is 4.44. The van der Waals surface area contributed by atoms with Gasteiger partial charge < -0.3 is 10.6 Å². The lowest BCUT2D eigenvalue weighted by molar-refractivity contribution is -0.384. The fourth-order valence-electron chi connectivity index (χ4n) is 2.80. The van der Waals surface area contributed by atoms with Gasteiger partial charge >= 0.3 is 6.18 Å². The van der Waals surface area contributed by atoms with Gasteiger partial charge in [0.05, 0.1) is 21.9 Å². The second-order valence-corrected chi connectivity index (χ2v) is 7.98. The summed E-state index contributed by atoms with van der Waals surface area (Å²) in [4.78, 5) is 34.6. The van der Waals surface area contributed by atoms with Gasteiger partial charge in [-0.25, -0.2) is 0 Å². The third-order valence-corrected chi connectivity index (χ3v) is 5.51. The van der Waals surface area contributed by atoms with Crippen LogP contribution in [0.1, 0.15) is 24.5 Å². The fraction of sp³-hybridized carbons (Fsp3) is 0.200. The van der Waals surface area contributed by atoms with Gasteiger partial charge in [0.2, 0.25) is 11.8 Å². The van der Waals surface area contributed by atoms with Crippen LogP contribution in [0, 0.1) is 10.1 Å². The number of non-ortho nitro benzene ring substituents is 1. The predicted octanol–water partition coefficient (Wildman–Crippen LogP) is 3.95. The number of carbonyl (C=O) groups is 2. The molecule has 2 aromatic carbocycles. The number of para-hydroxylation sites is 1. The molecule has 1 fully saturated rings. The molecule has 1 atom stereocenters. The standard InChI is InChI=1S/C20H16F3N5O4S/c1-11(12-6-8-13(9-7-12)28(31)32)26-27-19-25-18(30)16(33-19)10-17(29)24-15-5-3-2-4-14(15)20(21,22)23/h2-9,16H,10H2,1H3,(H,24,29)(H,25,27,30). The van der Waals surface area contributed by atoms with Crippen LogP contribution < -0.4 is 10.6 Å². The molecule has 0 saturated carbocycles. The minimum atomic E-state index is -4.64. The molecule has 1 aliphatic rings. The first-order valence-corrected chi connectivity index (χ1v) is 10.2. The Morgan fingerprint density at radius 1 is 1.21 bits per heavy atom. The van der Waals surface area contributed by atoms with Crippen LogP contribution in [0.5, 0.6) is 0 Å². The fourth-order valence-corrected chi connectivity index (χ4v) is 3.72. The van der Waals surface area contributed by atoms with E-state index in [1.807, 2.05) is 0 Å². The number of anilines is 1. The smallest absolute Gasteiger partial charge is 0.325 e. The zero-order valence-electron chi connectivity index (χ0n) is 16.9. The molecule has 2 N–H and O–H groups in total. The summed E-state index contributed by atoms with van der Waals surface area (Å²) in [5.74, 6) is -1.28. The van der Waals surface area contributed by atoms with E-state index in [1.165, 1.54) is 36.4 Å². The molecule has 1 saturated heterocycles. The molecule has 9 nitrogen and oxygen atoms in total. The number of nitrogens with one attached hydrogen (secondary N) is 2. The maximum atomic E-state index is 13.1. The number of nitro groups is 1. The molecule has 0 aromatic heterocycles. The first-order chi connectivity index (χ1) is 15.5. The van der Waals surface area contributed by atoms with Gasteiger partial charge in [-0.05, 0) is 36.8 Å². The summed E-state index contributed by atoms with van der Waals surface area (Å²) in [6, 6.07) is 10.2. The Bertz CT molecular complexity index is 1150. The van der Waals surface area contributed by atoms with Gasteiger partial charge in [-0.15, -0.1) is 5.10 Å². The normalized spacial score (nSPS) is 17.7. The molecule has 0 aliphatic carbocycles. The van der Waals surface area contributed by atoms with Crippen molar-refractivity contribution < 1.29 is 27.7 Å². The number of amidine groups is 1. The monoisotopic (exact) mass is 479 g/mol. The van der Waals surface area contributed by atoms with E-state index in [4.69, 9.17) is 0 Å². The summed E-state index contributed by atoms with van der Waals surface area (Å²) in [5.41, 5.74) is -0.443. The highest BCUT2D eigenvalue weighted by Gasteiger charge is 2.35. The Hall–Kier alpha value is -3.74. The first-order valence-electron chi connectivity index (χ1n) is 9.35. The van der Waals surface area contributed by atoms with Gasteiger partial charge in [-0.1, -0.05) is 23.9 Å². The number of amides is 2. The molecule has 33 heavy (non-hydrogen) atoms. The van der Waals surface area contributed by atoms with E-state index in [0.29, 0.717) is 11.3 Å². The molecular weight excluding hydrogens is 463 g/mol. The van der Waals surface area contributed by atoms with Gasteiger partial charge in [-0.2, -0.15) is 18.3 Å². The summed E-state index contributed by atoms with van der Waals surface area (Å²) >= 11 is 0.921. The highest BCUT2D eigenvalue weighted by Crippen LogP contribution is 2.34. The Labute approximate surface area is 189 Å². The zero-order chi connectivity index (χ0) is 24.2. The molecule has 0 spiro atoms. The number of carbonyl (C=O) groups excluding carboxylic acids is 2. The Kier molecular flexibility index (Phi) is 7.11. The van der Waals surface area contributed by atoms with E-state index < -0.39 is 39.4 Å². The van der Waals surface area contributed by atoms with Crippen molar-refractivity contribution in [1.29, 1.82) is 0 Å². The number of halogens is 3. The number of hydrogen-bond donors (Lipinski definition) is 2. The minimum absolute atomic E-state index is 0.0737. The lowest BCUT2D eigenvalue weighted by atomic mass is 10.1. The molecule has 1 aliphatic heterocycles. The van der Waals surface area contributed by atoms with Crippen molar-refractivity contribution in [2.75, 3.05) is 5.32 Å². The number of nitrogens with zero attached hydrogens (tertiary/aromatic N) is 3. The summed E-state index contributed by atoms with van der Waals surface area (Å²) in [6.45, 7) is 1.62. The molecular formula is C20H16F3N5O4S. The topological polar surface area (TPSA) is 126 Å². The van der Waals surface area contributed by atoms with Crippen molar-refractivity contribution in [3.63, 3.8) is 0 Å². The number of rotatable bonds is 6. The maximum absolute atomic E-state index is 13.1. The highest BCUT2D eigenvalue weighted by atomic mass is 32.2. The van der Waals surface area contributed by atoms with E-state index >= 15 is 0 Å². The number of alkyl halides is 3. The minimum Gasteiger partial charge on any atom is -0.325 e. The van der Waals surface area contributed by atoms with E-state index in [1.54, 1.807) is 6.92 Å². The van der Waals surface area contributed by atoms with Gasteiger partial charge in [0, 0.05) is 18.6 Å². The first kappa shape index (κ1) is 23.9. The predicted molar refractivity (Wildman–Crippen MR) is 117 cm³/mol. The van der Waals surface area contributed by atoms with Crippen molar-refractivity contribution in [1.82, 2.24) is 5.32 Å². The van der Waals surface area contributed by atoms with E-state index in [-0.39, 0.29) is 17.3 Å². The summed E-state index contributed by atoms with van der Waals surface area (Å²) in [5, 5.41) is 22.5. The quantitative estimate of drug-likeness (QED) is 0.369. The Balaban J connectivity index is 1.63. The van der Waals surface area contributed by atoms with Crippen LogP contribution in [0.2, 0.25) is 0 Å². The van der Waals surface area contributed by atoms with Crippen LogP contribution >= 0.6 is 11.8 Å². The van der Waals surface area contributed by atoms with Crippen molar-refractivity contribution in [3.05, 3.63) is 69.8 Å². The van der Waals surface area contributed by atoms with Gasteiger partial charge in [0.25, 0.3) is 5.69 Å². The Morgan fingerprint density at radius 2 is 1.88 bits per heavy atom. The van der Waals surface area contributed by atoms with Gasteiger partial charge in [-0.3, -0.25) is 19.7 Å². The number of benzene rings is 2. The average Bonchev–Trinajstić information content (AvgIpc) is 3.10. The molecule has 3 rings (SSSR count). The van der Waals surface area contributed by atoms with Crippen LogP contribution in [0.3, 0.4) is 0 Å². The zero-order valence-corrected chi connectivity index (χ0v) is 17.7. The van der Waals surface area contributed by atoms with Gasteiger partial charge in [0.15, 0.2) is 5.17 Å². The maximum Gasteiger partial charge on any atom is 0.418 e. The molecule has 1 unspecified atom stereocenters. The number of hydrogen-bond acceptors (Lipinski definition) is 7. The molecule has 1 heterocycles. The number of thioether (sulfide) groups is 1. The number of nitro benzene ring substituents is 1. The van der Waals surface area contributed by atoms with E-state index in [0.717, 1.165) is 23.9 Å². The van der Waals surface area contributed by atoms with Crippen LogP contribution in [0.4, 0.5) is 24.5 Å². The second-order valence-electron chi connectivity index (χ2n) is 6.79. The molecule has 2 aromatic rings. The summed E-state index contributed by atoms with van der Waals surface area (Å²) in [6.07, 6.45) is -5.00. The Morgan fingerprint density at radius 3 is 2.52 bits per heavy atom. The lowest BCUT2D eigenvalue weighted by Gasteiger charge is -2.14. The van der Waals surface area contributed by atoms with Crippen molar-refractivity contribution in [2.45, 2.75) is 24.8 Å². The molecule has 13 heteroatoms. The molecule has 0 bridgehead atoms. The largest absolute Gasteiger partial charge is 0.418 e. The van der Waals surface area contributed by atoms with Crippen molar-refractivity contribution >= 4 is 45.8 Å². The molecule has 0 radical (unpaired) electrons. The van der Waals surface area contributed by atoms with Crippen LogP contribution in [0.25, 0.3) is 0 Å². The third kappa shape index (κ3) is 6.16. The van der Waals surface area contributed by atoms with Crippen molar-refractivity contribution in [3.8, 4) is 0 Å². The van der Waals surface area contributed by atoms with E-state index in [9.17, 15) is 32.9 Å². The molecule has 172 valence electrons. The van der Waals surface area contributed by atoms with E-state index in [2.05, 4.69) is 20.8 Å². The van der Waals surface area contributed by atoms with Crippen molar-refractivity contribution in [2.24, 2.45) is 10.2 Å². The van der Waals surface area contributed by atoms with Crippen LogP contribution in [-0.4, -0.2) is 32.9 Å². The lowest BCUT2D eigenvalue weighted by Crippen LogP contribution is -2.28. The summed E-state index contributed by atoms with van der Waals surface area (Å²) in [7, 11) is 0. The summed E-state index contributed by atoms with van der Waals surface area (Å²) < 4.78 is 39.2. The van der Waals surface area contributed by atoms with Gasteiger partial charge in [0.1, 0.15) is 5.25 Å². The molecule has 2 amide bonds.